The molecule has 0 spiro atoms. The molecule has 7 heteroatoms. The third-order valence-corrected chi connectivity index (χ3v) is 3.50. The molecule has 0 aliphatic rings. The minimum Gasteiger partial charge on any atom is -0.339 e. The molecule has 0 aliphatic heterocycles. The Morgan fingerprint density at radius 1 is 1.38 bits per heavy atom. The molecular weight excluding hydrogens is 292 g/mol. The molecule has 0 radical (unpaired) electrons. The first-order valence-electron chi connectivity index (χ1n) is 6.64. The molecule has 0 saturated heterocycles. The average molecular weight is 305 g/mol. The molecule has 108 valence electrons. The van der Waals surface area contributed by atoms with E-state index in [4.69, 9.17) is 16.1 Å². The summed E-state index contributed by atoms with van der Waals surface area (Å²) in [5.41, 5.74) is 0.398. The molecule has 0 saturated carbocycles. The van der Waals surface area contributed by atoms with Crippen LogP contribution in [0.5, 0.6) is 0 Å². The van der Waals surface area contributed by atoms with Crippen LogP contribution in [-0.4, -0.2) is 19.7 Å². The van der Waals surface area contributed by atoms with Crippen LogP contribution in [0.4, 0.5) is 0 Å². The van der Waals surface area contributed by atoms with E-state index >= 15 is 0 Å². The van der Waals surface area contributed by atoms with Crippen LogP contribution in [0.15, 0.2) is 33.8 Å². The van der Waals surface area contributed by atoms with Crippen LogP contribution in [0.3, 0.4) is 0 Å². The van der Waals surface area contributed by atoms with Crippen LogP contribution in [0.1, 0.15) is 18.6 Å². The monoisotopic (exact) mass is 304 g/mol. The predicted octanol–water partition coefficient (Wildman–Crippen LogP) is 2.24. The molecule has 0 amide bonds. The van der Waals surface area contributed by atoms with Gasteiger partial charge in [0.1, 0.15) is 0 Å². The van der Waals surface area contributed by atoms with Gasteiger partial charge in [-0.15, -0.1) is 0 Å². The van der Waals surface area contributed by atoms with Crippen molar-refractivity contribution in [2.24, 2.45) is 0 Å². The fraction of sp³-hybridized carbons (Fsp3) is 0.286. The lowest BCUT2D eigenvalue weighted by Gasteiger charge is -2.05. The minimum absolute atomic E-state index is 0.123. The Hall–Kier alpha value is -2.21. The Labute approximate surface area is 125 Å². The van der Waals surface area contributed by atoms with Crippen LogP contribution in [-0.2, 0) is 19.4 Å². The van der Waals surface area contributed by atoms with Gasteiger partial charge in [0, 0.05) is 19.4 Å². The molecule has 0 unspecified atom stereocenters. The first kappa shape index (κ1) is 13.8. The maximum absolute atomic E-state index is 12.4. The summed E-state index contributed by atoms with van der Waals surface area (Å²) in [5.74, 6) is 1.19. The van der Waals surface area contributed by atoms with Gasteiger partial charge in [-0.1, -0.05) is 29.7 Å². The van der Waals surface area contributed by atoms with Gasteiger partial charge >= 0.3 is 0 Å². The van der Waals surface area contributed by atoms with Crippen LogP contribution in [0.25, 0.3) is 10.9 Å². The first-order valence-corrected chi connectivity index (χ1v) is 7.02. The second-order valence-electron chi connectivity index (χ2n) is 4.59. The highest BCUT2D eigenvalue weighted by Crippen LogP contribution is 2.17. The lowest BCUT2D eigenvalue weighted by atomic mass is 10.2. The summed E-state index contributed by atoms with van der Waals surface area (Å²) >= 11 is 6.03. The smallest absolute Gasteiger partial charge is 0.261 e. The number of nitrogens with zero attached hydrogens (tertiary/aromatic N) is 4. The van der Waals surface area contributed by atoms with E-state index in [0.29, 0.717) is 47.0 Å². The van der Waals surface area contributed by atoms with Crippen molar-refractivity contribution in [2.45, 2.75) is 26.3 Å². The van der Waals surface area contributed by atoms with Crippen molar-refractivity contribution < 1.29 is 4.52 Å². The highest BCUT2D eigenvalue weighted by atomic mass is 35.5. The number of fused-ring (bicyclic) bond motifs is 1. The van der Waals surface area contributed by atoms with Crippen molar-refractivity contribution >= 4 is 22.5 Å². The van der Waals surface area contributed by atoms with E-state index in [1.165, 1.54) is 10.9 Å². The number of halogens is 1. The van der Waals surface area contributed by atoms with Crippen molar-refractivity contribution in [3.05, 3.63) is 51.6 Å². The maximum Gasteiger partial charge on any atom is 0.261 e. The number of hydrogen-bond acceptors (Lipinski definition) is 5. The number of aromatic nitrogens is 4. The molecule has 0 atom stereocenters. The van der Waals surface area contributed by atoms with Crippen molar-refractivity contribution in [3.8, 4) is 0 Å². The maximum atomic E-state index is 12.4. The van der Waals surface area contributed by atoms with Crippen molar-refractivity contribution in [1.82, 2.24) is 19.7 Å². The van der Waals surface area contributed by atoms with Gasteiger partial charge in [-0.05, 0) is 12.1 Å². The summed E-state index contributed by atoms with van der Waals surface area (Å²) in [4.78, 5) is 20.8. The van der Waals surface area contributed by atoms with Crippen molar-refractivity contribution in [3.63, 3.8) is 0 Å². The average Bonchev–Trinajstić information content (AvgIpc) is 2.95. The van der Waals surface area contributed by atoms with Gasteiger partial charge < -0.3 is 4.52 Å². The number of para-hydroxylation sites is 1. The summed E-state index contributed by atoms with van der Waals surface area (Å²) < 4.78 is 6.57. The molecule has 2 aromatic heterocycles. The summed E-state index contributed by atoms with van der Waals surface area (Å²) in [6, 6.07) is 5.17. The van der Waals surface area contributed by atoms with Crippen LogP contribution in [0.2, 0.25) is 5.02 Å². The van der Waals surface area contributed by atoms with Gasteiger partial charge in [0.15, 0.2) is 5.82 Å². The van der Waals surface area contributed by atoms with Gasteiger partial charge in [0.05, 0.1) is 22.3 Å². The topological polar surface area (TPSA) is 73.8 Å². The molecule has 0 N–H and O–H groups in total. The number of rotatable bonds is 4. The molecule has 21 heavy (non-hydrogen) atoms. The first-order chi connectivity index (χ1) is 10.2. The summed E-state index contributed by atoms with van der Waals surface area (Å²) in [6.07, 6.45) is 2.71. The Morgan fingerprint density at radius 2 is 2.24 bits per heavy atom. The van der Waals surface area contributed by atoms with Gasteiger partial charge in [-0.2, -0.15) is 4.98 Å². The number of aryl methyl sites for hydroxylation is 3. The standard InChI is InChI=1S/C14H13ClN4O2/c1-2-12-17-11(18-21-12)6-7-19-8-16-13-9(14(19)20)4-3-5-10(13)15/h3-5,8H,2,6-7H2,1H3. The zero-order chi connectivity index (χ0) is 14.8. The van der Waals surface area contributed by atoms with E-state index < -0.39 is 0 Å². The molecule has 1 aromatic carbocycles. The van der Waals surface area contributed by atoms with Gasteiger partial charge in [-0.3, -0.25) is 9.36 Å². The Morgan fingerprint density at radius 3 is 3.00 bits per heavy atom. The fourth-order valence-corrected chi connectivity index (χ4v) is 2.29. The number of benzene rings is 1. The minimum atomic E-state index is -0.123. The largest absolute Gasteiger partial charge is 0.339 e. The summed E-state index contributed by atoms with van der Waals surface area (Å²) in [5, 5.41) is 4.85. The lowest BCUT2D eigenvalue weighted by Crippen LogP contribution is -2.21. The van der Waals surface area contributed by atoms with E-state index in [0.717, 1.165) is 0 Å². The normalized spacial score (nSPS) is 11.1. The second kappa shape index (κ2) is 5.65. The van der Waals surface area contributed by atoms with Gasteiger partial charge in [0.2, 0.25) is 5.89 Å². The van der Waals surface area contributed by atoms with Crippen LogP contribution in [0, 0.1) is 0 Å². The summed E-state index contributed by atoms with van der Waals surface area (Å²) in [6.45, 7) is 2.38. The second-order valence-corrected chi connectivity index (χ2v) is 4.99. The molecule has 3 rings (SSSR count). The lowest BCUT2D eigenvalue weighted by molar-refractivity contribution is 0.375. The number of hydrogen-bond donors (Lipinski definition) is 0. The van der Waals surface area contributed by atoms with Gasteiger partial charge in [0.25, 0.3) is 5.56 Å². The van der Waals surface area contributed by atoms with Crippen LogP contribution < -0.4 is 5.56 Å². The Kier molecular flexibility index (Phi) is 3.70. The highest BCUT2D eigenvalue weighted by Gasteiger charge is 2.09. The molecule has 0 bridgehead atoms. The Balaban J connectivity index is 1.87. The fourth-order valence-electron chi connectivity index (χ4n) is 2.07. The predicted molar refractivity (Wildman–Crippen MR) is 78.4 cm³/mol. The molecular formula is C14H13ClN4O2. The highest BCUT2D eigenvalue weighted by molar-refractivity contribution is 6.34. The third kappa shape index (κ3) is 2.67. The molecule has 3 aromatic rings. The molecule has 0 fully saturated rings. The van der Waals surface area contributed by atoms with E-state index in [1.54, 1.807) is 18.2 Å². The van der Waals surface area contributed by atoms with E-state index in [2.05, 4.69) is 15.1 Å². The molecule has 0 aliphatic carbocycles. The van der Waals surface area contributed by atoms with Crippen molar-refractivity contribution in [1.29, 1.82) is 0 Å². The summed E-state index contributed by atoms with van der Waals surface area (Å²) in [7, 11) is 0. The van der Waals surface area contributed by atoms with E-state index in [1.807, 2.05) is 6.92 Å². The molecule has 6 nitrogen and oxygen atoms in total. The van der Waals surface area contributed by atoms with E-state index in [-0.39, 0.29) is 5.56 Å². The molecule has 2 heterocycles. The third-order valence-electron chi connectivity index (χ3n) is 3.19. The van der Waals surface area contributed by atoms with Crippen LogP contribution >= 0.6 is 11.6 Å². The Bertz CT molecular complexity index is 840. The quantitative estimate of drug-likeness (QED) is 0.739. The van der Waals surface area contributed by atoms with E-state index in [9.17, 15) is 4.79 Å². The van der Waals surface area contributed by atoms with Gasteiger partial charge in [-0.25, -0.2) is 4.98 Å². The zero-order valence-electron chi connectivity index (χ0n) is 11.4. The van der Waals surface area contributed by atoms with Crippen molar-refractivity contribution in [2.75, 3.05) is 0 Å². The zero-order valence-corrected chi connectivity index (χ0v) is 12.2. The SMILES string of the molecule is CCc1nc(CCn2cnc3c(Cl)cccc3c2=O)no1.